The number of rotatable bonds is 7. The second-order valence-corrected chi connectivity index (χ2v) is 17.3. The summed E-state index contributed by atoms with van der Waals surface area (Å²) in [5.74, 6) is 0. The Kier molecular flexibility index (Phi) is 9.54. The van der Waals surface area contributed by atoms with Crippen LogP contribution in [0.2, 0.25) is 0 Å². The molecule has 2 aromatic heterocycles. The van der Waals surface area contributed by atoms with Gasteiger partial charge in [-0.05, 0) is 118 Å². The molecule has 0 saturated carbocycles. The molecule has 0 saturated heterocycles. The van der Waals surface area contributed by atoms with Crippen LogP contribution in [0.1, 0.15) is 64.1 Å². The van der Waals surface area contributed by atoms with Crippen molar-refractivity contribution in [2.75, 3.05) is 0 Å². The minimum atomic E-state index is 0.0969. The Balaban J connectivity index is 1.23. The summed E-state index contributed by atoms with van der Waals surface area (Å²) in [6.45, 7) is 18.1. The highest BCUT2D eigenvalue weighted by atomic mass is 15.0. The van der Waals surface area contributed by atoms with Gasteiger partial charge in [0.05, 0.1) is 11.4 Å². The van der Waals surface area contributed by atoms with Crippen LogP contribution in [0.15, 0.2) is 170 Å². The van der Waals surface area contributed by atoms with Gasteiger partial charge in [-0.25, -0.2) is 0 Å². The zero-order valence-electron chi connectivity index (χ0n) is 34.1. The van der Waals surface area contributed by atoms with E-state index < -0.39 is 0 Å². The van der Waals surface area contributed by atoms with Gasteiger partial charge in [0.2, 0.25) is 0 Å². The van der Waals surface area contributed by atoms with Crippen molar-refractivity contribution >= 4 is 0 Å². The Bertz CT molecular complexity index is 2430. The van der Waals surface area contributed by atoms with Gasteiger partial charge < -0.3 is 9.13 Å². The number of hydrogen-bond donors (Lipinski definition) is 0. The molecule has 0 aliphatic heterocycles. The van der Waals surface area contributed by atoms with Crippen molar-refractivity contribution in [1.29, 1.82) is 0 Å². The van der Waals surface area contributed by atoms with Crippen molar-refractivity contribution in [3.63, 3.8) is 0 Å². The molecule has 0 aliphatic rings. The second-order valence-electron chi connectivity index (χ2n) is 17.3. The lowest BCUT2D eigenvalue weighted by Crippen LogP contribution is -2.11. The molecular weight excluding hydrogens is 677 g/mol. The standard InChI is InChI=1S/C54H52N2/c1-37-33-49(51(39-17-11-9-12-18-39)55(37)47-29-25-45(26-30-47)53(3,4)5)43-23-15-21-41(35-43)42-22-16-24-44(36-42)50-34-38(2)56(52(50)40-19-13-10-14-20-40)48-31-27-46(28-32-48)54(6,7)8/h9-36H,1-8H3. The summed E-state index contributed by atoms with van der Waals surface area (Å²) in [6, 6.07) is 62.6. The van der Waals surface area contributed by atoms with E-state index in [1.54, 1.807) is 0 Å². The predicted molar refractivity (Wildman–Crippen MR) is 239 cm³/mol. The number of benzene rings is 6. The van der Waals surface area contributed by atoms with Crippen LogP contribution in [-0.4, -0.2) is 9.13 Å². The first-order valence-electron chi connectivity index (χ1n) is 19.9. The molecule has 2 heteroatoms. The molecule has 56 heavy (non-hydrogen) atoms. The van der Waals surface area contributed by atoms with E-state index >= 15 is 0 Å². The van der Waals surface area contributed by atoms with E-state index in [1.807, 2.05) is 0 Å². The van der Waals surface area contributed by atoms with Crippen molar-refractivity contribution in [2.45, 2.75) is 66.2 Å². The first kappa shape index (κ1) is 36.8. The van der Waals surface area contributed by atoms with Gasteiger partial charge in [0.25, 0.3) is 0 Å². The number of hydrogen-bond acceptors (Lipinski definition) is 0. The Hall–Kier alpha value is -6.12. The molecule has 2 nitrogen and oxygen atoms in total. The summed E-state index contributed by atoms with van der Waals surface area (Å²) >= 11 is 0. The van der Waals surface area contributed by atoms with E-state index in [2.05, 4.69) is 234 Å². The molecule has 6 aromatic carbocycles. The summed E-state index contributed by atoms with van der Waals surface area (Å²) in [4.78, 5) is 0. The lowest BCUT2D eigenvalue weighted by atomic mass is 9.87. The average Bonchev–Trinajstić information content (AvgIpc) is 3.74. The fraction of sp³-hybridized carbons (Fsp3) is 0.185. The molecule has 8 rings (SSSR count). The summed E-state index contributed by atoms with van der Waals surface area (Å²) < 4.78 is 4.83. The minimum Gasteiger partial charge on any atom is -0.313 e. The van der Waals surface area contributed by atoms with Gasteiger partial charge in [-0.2, -0.15) is 0 Å². The maximum atomic E-state index is 2.42. The van der Waals surface area contributed by atoms with Gasteiger partial charge >= 0.3 is 0 Å². The Morgan fingerprint density at radius 2 is 0.643 bits per heavy atom. The Labute approximate surface area is 333 Å². The summed E-state index contributed by atoms with van der Waals surface area (Å²) in [5, 5.41) is 0. The Morgan fingerprint density at radius 3 is 0.982 bits per heavy atom. The maximum absolute atomic E-state index is 2.42. The predicted octanol–water partition coefficient (Wildman–Crippen LogP) is 14.8. The van der Waals surface area contributed by atoms with E-state index in [-0.39, 0.29) is 10.8 Å². The number of aromatic nitrogens is 2. The molecule has 0 unspecified atom stereocenters. The van der Waals surface area contributed by atoms with Crippen LogP contribution >= 0.6 is 0 Å². The van der Waals surface area contributed by atoms with Crippen LogP contribution in [0.5, 0.6) is 0 Å². The fourth-order valence-electron chi connectivity index (χ4n) is 8.10. The normalized spacial score (nSPS) is 11.9. The molecule has 0 aliphatic carbocycles. The third-order valence-corrected chi connectivity index (χ3v) is 11.1. The largest absolute Gasteiger partial charge is 0.313 e. The quantitative estimate of drug-likeness (QED) is 0.155. The van der Waals surface area contributed by atoms with Gasteiger partial charge in [-0.15, -0.1) is 0 Å². The topological polar surface area (TPSA) is 9.86 Å². The third-order valence-electron chi connectivity index (χ3n) is 11.1. The molecule has 2 heterocycles. The van der Waals surface area contributed by atoms with Crippen LogP contribution in [-0.2, 0) is 10.8 Å². The molecule has 8 aromatic rings. The molecule has 278 valence electrons. The van der Waals surface area contributed by atoms with Crippen molar-refractivity contribution < 1.29 is 0 Å². The lowest BCUT2D eigenvalue weighted by Gasteiger charge is -2.20. The fourth-order valence-corrected chi connectivity index (χ4v) is 8.10. The van der Waals surface area contributed by atoms with Crippen molar-refractivity contribution in [3.8, 4) is 67.3 Å². The summed E-state index contributed by atoms with van der Waals surface area (Å²) in [6.07, 6.45) is 0. The van der Waals surface area contributed by atoms with Crippen molar-refractivity contribution in [1.82, 2.24) is 9.13 Å². The highest BCUT2D eigenvalue weighted by Crippen LogP contribution is 2.41. The summed E-state index contributed by atoms with van der Waals surface area (Å²) in [7, 11) is 0. The molecule has 0 radical (unpaired) electrons. The first-order chi connectivity index (χ1) is 26.9. The molecular formula is C54H52N2. The SMILES string of the molecule is Cc1cc(-c2cccc(-c3cccc(-c4cc(C)n(-c5ccc(C(C)(C)C)cc5)c4-c4ccccc4)c3)c2)c(-c2ccccc2)n1-c1ccc(C(C)(C)C)cc1. The van der Waals surface area contributed by atoms with Gasteiger partial charge in [0, 0.05) is 33.9 Å². The highest BCUT2D eigenvalue weighted by Gasteiger charge is 2.22. The second kappa shape index (κ2) is 14.5. The zero-order chi connectivity index (χ0) is 39.2. The molecule has 0 bridgehead atoms. The van der Waals surface area contributed by atoms with Gasteiger partial charge in [0.1, 0.15) is 0 Å². The van der Waals surface area contributed by atoms with Gasteiger partial charge in [-0.1, -0.05) is 163 Å². The third kappa shape index (κ3) is 7.08. The van der Waals surface area contributed by atoms with Crippen LogP contribution in [0.25, 0.3) is 67.3 Å². The summed E-state index contributed by atoms with van der Waals surface area (Å²) in [5.41, 5.74) is 19.7. The van der Waals surface area contributed by atoms with E-state index in [0.717, 1.165) is 0 Å². The Morgan fingerprint density at radius 1 is 0.321 bits per heavy atom. The minimum absolute atomic E-state index is 0.0969. The number of aryl methyl sites for hydroxylation is 2. The van der Waals surface area contributed by atoms with E-state index in [0.29, 0.717) is 0 Å². The van der Waals surface area contributed by atoms with Gasteiger partial charge in [0.15, 0.2) is 0 Å². The molecule has 0 N–H and O–H groups in total. The molecule has 0 spiro atoms. The zero-order valence-corrected chi connectivity index (χ0v) is 34.1. The lowest BCUT2D eigenvalue weighted by molar-refractivity contribution is 0.590. The van der Waals surface area contributed by atoms with Crippen molar-refractivity contribution in [2.24, 2.45) is 0 Å². The molecule has 0 fully saturated rings. The van der Waals surface area contributed by atoms with Gasteiger partial charge in [-0.3, -0.25) is 0 Å². The highest BCUT2D eigenvalue weighted by molar-refractivity contribution is 5.88. The van der Waals surface area contributed by atoms with E-state index in [1.165, 1.54) is 89.8 Å². The smallest absolute Gasteiger partial charge is 0.0609 e. The van der Waals surface area contributed by atoms with Crippen molar-refractivity contribution in [3.05, 3.63) is 192 Å². The average molecular weight is 729 g/mol. The molecule has 0 amide bonds. The van der Waals surface area contributed by atoms with Crippen LogP contribution in [0, 0.1) is 13.8 Å². The molecule has 0 atom stereocenters. The number of nitrogens with zero attached hydrogens (tertiary/aromatic N) is 2. The van der Waals surface area contributed by atoms with Crippen LogP contribution in [0.3, 0.4) is 0 Å². The van der Waals surface area contributed by atoms with E-state index in [9.17, 15) is 0 Å². The van der Waals surface area contributed by atoms with Crippen LogP contribution < -0.4 is 0 Å². The van der Waals surface area contributed by atoms with E-state index in [4.69, 9.17) is 0 Å². The monoisotopic (exact) mass is 728 g/mol. The maximum Gasteiger partial charge on any atom is 0.0609 e. The first-order valence-corrected chi connectivity index (χ1v) is 19.9. The van der Waals surface area contributed by atoms with Crippen LogP contribution in [0.4, 0.5) is 0 Å².